The Morgan fingerprint density at radius 2 is 2.00 bits per heavy atom. The highest BCUT2D eigenvalue weighted by molar-refractivity contribution is 7.89. The maximum atomic E-state index is 13.4. The van der Waals surface area contributed by atoms with Crippen molar-refractivity contribution < 1.29 is 26.9 Å². The Morgan fingerprint density at radius 1 is 1.40 bits per heavy atom. The summed E-state index contributed by atoms with van der Waals surface area (Å²) in [6, 6.07) is 0.937. The molecule has 0 radical (unpaired) electrons. The highest BCUT2D eigenvalue weighted by Gasteiger charge is 2.20. The number of nitrogens with two attached hydrogens (primary N) is 1. The van der Waals surface area contributed by atoms with E-state index in [4.69, 9.17) is 9.88 Å². The van der Waals surface area contributed by atoms with E-state index in [0.29, 0.717) is 12.1 Å². The van der Waals surface area contributed by atoms with Crippen LogP contribution in [-0.4, -0.2) is 25.7 Å². The molecule has 10 heteroatoms. The summed E-state index contributed by atoms with van der Waals surface area (Å²) in [7, 11) is -3.70. The van der Waals surface area contributed by atoms with Crippen LogP contribution in [0.15, 0.2) is 12.1 Å². The fourth-order valence-electron chi connectivity index (χ4n) is 1.45. The van der Waals surface area contributed by atoms with Crippen LogP contribution < -0.4 is 9.88 Å². The van der Waals surface area contributed by atoms with E-state index < -0.39 is 43.9 Å². The number of benzene rings is 1. The van der Waals surface area contributed by atoms with Crippen molar-refractivity contribution in [1.29, 1.82) is 0 Å². The van der Waals surface area contributed by atoms with Crippen LogP contribution in [-0.2, 0) is 10.0 Å². The number of sulfonamides is 1. The molecule has 1 aromatic carbocycles. The van der Waals surface area contributed by atoms with Gasteiger partial charge in [0, 0.05) is 12.0 Å². The van der Waals surface area contributed by atoms with Gasteiger partial charge in [-0.2, -0.15) is 4.39 Å². The molecule has 0 aliphatic heterocycles. The summed E-state index contributed by atoms with van der Waals surface area (Å²) in [5, 5.41) is 15.2. The Hall–Kier alpha value is -1.81. The maximum Gasteiger partial charge on any atom is 0.307 e. The van der Waals surface area contributed by atoms with E-state index in [1.54, 1.807) is 0 Å². The Kier molecular flexibility index (Phi) is 4.95. The largest absolute Gasteiger partial charge is 0.490 e. The lowest BCUT2D eigenvalue weighted by Gasteiger charge is -2.12. The van der Waals surface area contributed by atoms with Gasteiger partial charge in [0.15, 0.2) is 11.6 Å². The van der Waals surface area contributed by atoms with Crippen LogP contribution in [0, 0.1) is 27.7 Å². The zero-order chi connectivity index (χ0) is 15.5. The number of hydrogen-bond donors (Lipinski definition) is 1. The highest BCUT2D eigenvalue weighted by atomic mass is 32.2. The van der Waals surface area contributed by atoms with Crippen LogP contribution in [0.5, 0.6) is 5.75 Å². The molecular weight excluding hydrogens is 298 g/mol. The van der Waals surface area contributed by atoms with Crippen LogP contribution in [0.1, 0.15) is 6.92 Å². The van der Waals surface area contributed by atoms with Crippen LogP contribution in [0.3, 0.4) is 0 Å². The van der Waals surface area contributed by atoms with E-state index in [2.05, 4.69) is 0 Å². The predicted octanol–water partition coefficient (Wildman–Crippen LogP) is 1.18. The standard InChI is InChI=1S/C10H12F2N2O5S/c1-6(5-20(13,17)18)4-19-10-3-7(11)9(14(15)16)2-8(10)12/h2-3,6H,4-5H2,1H3,(H2,13,17,18). The van der Waals surface area contributed by atoms with E-state index >= 15 is 0 Å². The molecule has 0 bridgehead atoms. The van der Waals surface area contributed by atoms with Crippen molar-refractivity contribution in [2.75, 3.05) is 12.4 Å². The highest BCUT2D eigenvalue weighted by Crippen LogP contribution is 2.26. The van der Waals surface area contributed by atoms with Gasteiger partial charge in [0.2, 0.25) is 15.8 Å². The fourth-order valence-corrected chi connectivity index (χ4v) is 2.33. The average molecular weight is 310 g/mol. The third kappa shape index (κ3) is 4.70. The smallest absolute Gasteiger partial charge is 0.307 e. The maximum absolute atomic E-state index is 13.4. The van der Waals surface area contributed by atoms with Gasteiger partial charge >= 0.3 is 5.69 Å². The van der Waals surface area contributed by atoms with Gasteiger partial charge in [-0.1, -0.05) is 6.92 Å². The van der Waals surface area contributed by atoms with Crippen molar-refractivity contribution in [1.82, 2.24) is 0 Å². The molecule has 1 atom stereocenters. The topological polar surface area (TPSA) is 113 Å². The van der Waals surface area contributed by atoms with Crippen molar-refractivity contribution >= 4 is 15.7 Å². The van der Waals surface area contributed by atoms with E-state index in [1.165, 1.54) is 6.92 Å². The van der Waals surface area contributed by atoms with Crippen molar-refractivity contribution in [3.05, 3.63) is 33.9 Å². The lowest BCUT2D eigenvalue weighted by atomic mass is 10.2. The van der Waals surface area contributed by atoms with Gasteiger partial charge in [0.05, 0.1) is 23.3 Å². The molecule has 0 saturated heterocycles. The number of ether oxygens (including phenoxy) is 1. The molecule has 0 aliphatic carbocycles. The van der Waals surface area contributed by atoms with E-state index in [0.717, 1.165) is 0 Å². The van der Waals surface area contributed by atoms with Crippen LogP contribution in [0.2, 0.25) is 0 Å². The molecule has 1 rings (SSSR count). The predicted molar refractivity (Wildman–Crippen MR) is 65.6 cm³/mol. The van der Waals surface area contributed by atoms with E-state index in [-0.39, 0.29) is 12.4 Å². The van der Waals surface area contributed by atoms with E-state index in [1.807, 2.05) is 0 Å². The third-order valence-electron chi connectivity index (χ3n) is 2.24. The van der Waals surface area contributed by atoms with Gasteiger partial charge in [0.25, 0.3) is 0 Å². The summed E-state index contributed by atoms with van der Waals surface area (Å²) in [6.07, 6.45) is 0. The number of nitro groups is 1. The Labute approximate surface area is 113 Å². The monoisotopic (exact) mass is 310 g/mol. The molecule has 112 valence electrons. The average Bonchev–Trinajstić information content (AvgIpc) is 2.27. The number of nitrogens with zero attached hydrogens (tertiary/aromatic N) is 1. The molecule has 0 fully saturated rings. The summed E-state index contributed by atoms with van der Waals surface area (Å²) in [6.45, 7) is 1.26. The molecule has 0 spiro atoms. The third-order valence-corrected chi connectivity index (χ3v) is 3.27. The molecule has 1 aromatic rings. The molecule has 0 saturated carbocycles. The second kappa shape index (κ2) is 6.09. The molecule has 1 unspecified atom stereocenters. The van der Waals surface area contributed by atoms with Gasteiger partial charge < -0.3 is 4.74 Å². The van der Waals surface area contributed by atoms with Crippen LogP contribution >= 0.6 is 0 Å². The van der Waals surface area contributed by atoms with Crippen molar-refractivity contribution in [2.45, 2.75) is 6.92 Å². The number of nitro benzene ring substituents is 1. The fraction of sp³-hybridized carbons (Fsp3) is 0.400. The number of rotatable bonds is 6. The molecule has 2 N–H and O–H groups in total. The first kappa shape index (κ1) is 16.2. The quantitative estimate of drug-likeness (QED) is 0.626. The molecule has 0 heterocycles. The summed E-state index contributed by atoms with van der Waals surface area (Å²) >= 11 is 0. The first-order chi connectivity index (χ1) is 9.10. The Morgan fingerprint density at radius 3 is 2.50 bits per heavy atom. The number of hydrogen-bond acceptors (Lipinski definition) is 5. The SMILES string of the molecule is CC(COc1cc(F)c([N+](=O)[O-])cc1F)CS(N)(=O)=O. The van der Waals surface area contributed by atoms with Crippen molar-refractivity contribution in [2.24, 2.45) is 11.1 Å². The minimum absolute atomic E-state index is 0.232. The first-order valence-electron chi connectivity index (χ1n) is 5.37. The normalized spacial score (nSPS) is 13.0. The zero-order valence-corrected chi connectivity index (χ0v) is 11.2. The molecular formula is C10H12F2N2O5S. The zero-order valence-electron chi connectivity index (χ0n) is 10.4. The molecule has 0 amide bonds. The first-order valence-corrected chi connectivity index (χ1v) is 7.08. The van der Waals surface area contributed by atoms with Crippen molar-refractivity contribution in [3.8, 4) is 5.75 Å². The summed E-state index contributed by atoms with van der Waals surface area (Å²) < 4.78 is 53.2. The lowest BCUT2D eigenvalue weighted by molar-refractivity contribution is -0.387. The van der Waals surface area contributed by atoms with Crippen LogP contribution in [0.25, 0.3) is 0 Å². The summed E-state index contributed by atoms with van der Waals surface area (Å²) in [4.78, 5) is 9.32. The van der Waals surface area contributed by atoms with Gasteiger partial charge in [-0.25, -0.2) is 17.9 Å². The van der Waals surface area contributed by atoms with Gasteiger partial charge in [-0.3, -0.25) is 10.1 Å². The molecule has 20 heavy (non-hydrogen) atoms. The van der Waals surface area contributed by atoms with Crippen molar-refractivity contribution in [3.63, 3.8) is 0 Å². The minimum atomic E-state index is -3.70. The second-order valence-electron chi connectivity index (χ2n) is 4.24. The van der Waals surface area contributed by atoms with E-state index in [9.17, 15) is 27.3 Å². The second-order valence-corrected chi connectivity index (χ2v) is 5.90. The number of halogens is 2. The van der Waals surface area contributed by atoms with Gasteiger partial charge in [-0.05, 0) is 0 Å². The number of primary sulfonamides is 1. The Bertz CT molecular complexity index is 620. The molecule has 0 aliphatic rings. The van der Waals surface area contributed by atoms with Crippen LogP contribution in [0.4, 0.5) is 14.5 Å². The lowest BCUT2D eigenvalue weighted by Crippen LogP contribution is -2.25. The Balaban J connectivity index is 2.79. The minimum Gasteiger partial charge on any atom is -0.490 e. The molecule has 7 nitrogen and oxygen atoms in total. The summed E-state index contributed by atoms with van der Waals surface area (Å²) in [5.74, 6) is -3.83. The van der Waals surface area contributed by atoms with Gasteiger partial charge in [-0.15, -0.1) is 0 Å². The van der Waals surface area contributed by atoms with Gasteiger partial charge in [0.1, 0.15) is 0 Å². The molecule has 0 aromatic heterocycles. The summed E-state index contributed by atoms with van der Waals surface area (Å²) in [5.41, 5.74) is -1.01.